The van der Waals surface area contributed by atoms with E-state index >= 15 is 0 Å². The second kappa shape index (κ2) is 6.70. The van der Waals surface area contributed by atoms with E-state index in [1.807, 2.05) is 12.1 Å². The monoisotopic (exact) mass is 319 g/mol. The summed E-state index contributed by atoms with van der Waals surface area (Å²) in [7, 11) is 4.97. The van der Waals surface area contributed by atoms with Crippen LogP contribution in [-0.4, -0.2) is 51.5 Å². The molecule has 124 valence electrons. The second-order valence-corrected chi connectivity index (χ2v) is 5.70. The molecule has 6 nitrogen and oxygen atoms in total. The van der Waals surface area contributed by atoms with Crippen LogP contribution in [0.25, 0.3) is 11.0 Å². The summed E-state index contributed by atoms with van der Waals surface area (Å²) in [6.45, 7) is 2.19. The topological polar surface area (TPSA) is 61.1 Å². The minimum absolute atomic E-state index is 0.0477. The fraction of sp³-hybridized carbons (Fsp3) is 0.471. The molecule has 1 saturated heterocycles. The van der Waals surface area contributed by atoms with Gasteiger partial charge in [0.25, 0.3) is 0 Å². The van der Waals surface area contributed by atoms with Crippen molar-refractivity contribution in [2.24, 2.45) is 0 Å². The summed E-state index contributed by atoms with van der Waals surface area (Å²) in [6, 6.07) is 7.08. The van der Waals surface area contributed by atoms with Crippen LogP contribution in [0.5, 0.6) is 5.75 Å². The predicted octanol–water partition coefficient (Wildman–Crippen LogP) is 1.65. The maximum atomic E-state index is 11.8. The van der Waals surface area contributed by atoms with Gasteiger partial charge in [0.2, 0.25) is 0 Å². The molecule has 1 aliphatic rings. The van der Waals surface area contributed by atoms with E-state index < -0.39 is 0 Å². The molecule has 6 heteroatoms. The first-order chi connectivity index (χ1) is 11.1. The van der Waals surface area contributed by atoms with E-state index in [1.165, 1.54) is 0 Å². The third-order valence-corrected chi connectivity index (χ3v) is 4.33. The van der Waals surface area contributed by atoms with Crippen LogP contribution in [0.2, 0.25) is 0 Å². The Hall–Kier alpha value is -1.89. The molecule has 2 heterocycles. The highest BCUT2D eigenvalue weighted by Gasteiger charge is 2.33. The highest BCUT2D eigenvalue weighted by atomic mass is 16.5. The first-order valence-corrected chi connectivity index (χ1v) is 7.53. The molecule has 1 fully saturated rings. The van der Waals surface area contributed by atoms with Crippen LogP contribution in [0.4, 0.5) is 0 Å². The lowest BCUT2D eigenvalue weighted by atomic mass is 10.1. The van der Waals surface area contributed by atoms with Crippen LogP contribution in [-0.2, 0) is 16.0 Å². The molecule has 0 aliphatic carbocycles. The highest BCUT2D eigenvalue weighted by Crippen LogP contribution is 2.25. The zero-order chi connectivity index (χ0) is 16.4. The third kappa shape index (κ3) is 3.24. The van der Waals surface area contributed by atoms with Gasteiger partial charge in [0.1, 0.15) is 11.3 Å². The highest BCUT2D eigenvalue weighted by molar-refractivity contribution is 5.81. The number of ether oxygens (including phenoxy) is 3. The molecular formula is C17H21NO5. The second-order valence-electron chi connectivity index (χ2n) is 5.70. The smallest absolute Gasteiger partial charge is 0.336 e. The van der Waals surface area contributed by atoms with Crippen LogP contribution >= 0.6 is 0 Å². The first kappa shape index (κ1) is 16.0. The van der Waals surface area contributed by atoms with Gasteiger partial charge in [-0.1, -0.05) is 0 Å². The van der Waals surface area contributed by atoms with Gasteiger partial charge in [0, 0.05) is 51.4 Å². The number of benzene rings is 1. The van der Waals surface area contributed by atoms with Crippen molar-refractivity contribution in [2.45, 2.75) is 18.8 Å². The van der Waals surface area contributed by atoms with E-state index in [0.29, 0.717) is 17.9 Å². The Morgan fingerprint density at radius 3 is 2.43 bits per heavy atom. The van der Waals surface area contributed by atoms with Gasteiger partial charge in [-0.15, -0.1) is 0 Å². The van der Waals surface area contributed by atoms with Crippen molar-refractivity contribution in [2.75, 3.05) is 34.4 Å². The minimum atomic E-state index is -0.355. The van der Waals surface area contributed by atoms with Crippen LogP contribution in [0.15, 0.2) is 33.5 Å². The van der Waals surface area contributed by atoms with Crippen LogP contribution < -0.4 is 10.4 Å². The number of hydrogen-bond acceptors (Lipinski definition) is 6. The Labute approximate surface area is 134 Å². The molecule has 0 unspecified atom stereocenters. The van der Waals surface area contributed by atoms with Gasteiger partial charge in [-0.05, 0) is 17.7 Å². The Kier molecular flexibility index (Phi) is 4.66. The molecule has 2 atom stereocenters. The largest absolute Gasteiger partial charge is 0.497 e. The van der Waals surface area contributed by atoms with E-state index in [4.69, 9.17) is 18.6 Å². The molecule has 0 radical (unpaired) electrons. The average molecular weight is 319 g/mol. The summed E-state index contributed by atoms with van der Waals surface area (Å²) in [5.41, 5.74) is 1.12. The average Bonchev–Trinajstić information content (AvgIpc) is 2.96. The molecule has 0 N–H and O–H groups in total. The number of methoxy groups -OCH3 is 3. The Bertz CT molecular complexity index is 729. The van der Waals surface area contributed by atoms with E-state index in [-0.39, 0.29) is 17.8 Å². The SMILES string of the molecule is COc1ccc2c(CN3C[C@@H](OC)[C@H](OC)C3)cc(=O)oc2c1. The van der Waals surface area contributed by atoms with Gasteiger partial charge in [-0.3, -0.25) is 4.90 Å². The molecule has 0 bridgehead atoms. The fourth-order valence-electron chi connectivity index (χ4n) is 3.11. The van der Waals surface area contributed by atoms with Crippen molar-refractivity contribution < 1.29 is 18.6 Å². The summed E-state index contributed by atoms with van der Waals surface area (Å²) < 4.78 is 21.4. The number of rotatable bonds is 5. The van der Waals surface area contributed by atoms with Crippen molar-refractivity contribution in [1.29, 1.82) is 0 Å². The summed E-state index contributed by atoms with van der Waals surface area (Å²) in [6.07, 6.45) is 0.0953. The summed E-state index contributed by atoms with van der Waals surface area (Å²) >= 11 is 0. The third-order valence-electron chi connectivity index (χ3n) is 4.33. The zero-order valence-electron chi connectivity index (χ0n) is 13.6. The van der Waals surface area contributed by atoms with Crippen molar-refractivity contribution in [3.63, 3.8) is 0 Å². The zero-order valence-corrected chi connectivity index (χ0v) is 13.6. The van der Waals surface area contributed by atoms with Gasteiger partial charge in [0.15, 0.2) is 0 Å². The molecule has 2 aromatic rings. The Balaban J connectivity index is 1.90. The Morgan fingerprint density at radius 1 is 1.13 bits per heavy atom. The van der Waals surface area contributed by atoms with Crippen molar-refractivity contribution in [3.8, 4) is 5.75 Å². The minimum Gasteiger partial charge on any atom is -0.497 e. The maximum Gasteiger partial charge on any atom is 0.336 e. The van der Waals surface area contributed by atoms with Gasteiger partial charge < -0.3 is 18.6 Å². The van der Waals surface area contributed by atoms with Gasteiger partial charge in [-0.2, -0.15) is 0 Å². The quantitative estimate of drug-likeness (QED) is 0.781. The number of likely N-dealkylation sites (tertiary alicyclic amines) is 1. The first-order valence-electron chi connectivity index (χ1n) is 7.53. The maximum absolute atomic E-state index is 11.8. The van der Waals surface area contributed by atoms with Gasteiger partial charge in [-0.25, -0.2) is 4.79 Å². The number of nitrogens with zero attached hydrogens (tertiary/aromatic N) is 1. The molecular weight excluding hydrogens is 298 g/mol. The summed E-state index contributed by atoms with van der Waals surface area (Å²) in [5.74, 6) is 0.665. The van der Waals surface area contributed by atoms with Crippen LogP contribution in [0.3, 0.4) is 0 Å². The number of hydrogen-bond donors (Lipinski definition) is 0. The summed E-state index contributed by atoms with van der Waals surface area (Å²) in [4.78, 5) is 14.1. The standard InChI is InChI=1S/C17H21NO5/c1-20-12-4-5-13-11(6-17(19)23-14(13)7-12)8-18-9-15(21-2)16(10-18)22-3/h4-7,15-16H,8-10H2,1-3H3/t15-,16-/m1/s1. The van der Waals surface area contributed by atoms with Crippen LogP contribution in [0, 0.1) is 0 Å². The Morgan fingerprint density at radius 2 is 1.83 bits per heavy atom. The summed E-state index contributed by atoms with van der Waals surface area (Å²) in [5, 5.41) is 0.917. The molecule has 0 amide bonds. The molecule has 0 spiro atoms. The van der Waals surface area contributed by atoms with E-state index in [1.54, 1.807) is 33.5 Å². The van der Waals surface area contributed by atoms with E-state index in [9.17, 15) is 4.79 Å². The molecule has 1 aliphatic heterocycles. The number of fused-ring (bicyclic) bond motifs is 1. The van der Waals surface area contributed by atoms with E-state index in [2.05, 4.69) is 4.90 Å². The molecule has 1 aromatic carbocycles. The molecule has 1 aromatic heterocycles. The van der Waals surface area contributed by atoms with Crippen molar-refractivity contribution in [3.05, 3.63) is 40.2 Å². The molecule has 23 heavy (non-hydrogen) atoms. The van der Waals surface area contributed by atoms with Gasteiger partial charge >= 0.3 is 5.63 Å². The van der Waals surface area contributed by atoms with Gasteiger partial charge in [0.05, 0.1) is 19.3 Å². The molecule has 0 saturated carbocycles. The van der Waals surface area contributed by atoms with Crippen molar-refractivity contribution >= 4 is 11.0 Å². The van der Waals surface area contributed by atoms with E-state index in [0.717, 1.165) is 24.0 Å². The lowest BCUT2D eigenvalue weighted by Crippen LogP contribution is -2.27. The lowest BCUT2D eigenvalue weighted by Gasteiger charge is -2.16. The predicted molar refractivity (Wildman–Crippen MR) is 85.9 cm³/mol. The normalized spacial score (nSPS) is 21.9. The molecule has 3 rings (SSSR count). The van der Waals surface area contributed by atoms with Crippen LogP contribution in [0.1, 0.15) is 5.56 Å². The fourth-order valence-corrected chi connectivity index (χ4v) is 3.11. The lowest BCUT2D eigenvalue weighted by molar-refractivity contribution is -0.00461. The van der Waals surface area contributed by atoms with Crippen molar-refractivity contribution in [1.82, 2.24) is 4.90 Å².